The van der Waals surface area contributed by atoms with Gasteiger partial charge in [0.2, 0.25) is 5.91 Å². The van der Waals surface area contributed by atoms with Crippen LogP contribution in [0, 0.1) is 22.7 Å². The molecule has 0 spiro atoms. The molecular weight excluding hydrogens is 602 g/mol. The van der Waals surface area contributed by atoms with E-state index in [1.165, 1.54) is 13.8 Å². The number of ether oxygens (including phenoxy) is 3. The van der Waals surface area contributed by atoms with E-state index in [0.717, 1.165) is 26.2 Å². The van der Waals surface area contributed by atoms with Crippen LogP contribution in [0.4, 0.5) is 0 Å². The number of fused-ring (bicyclic) bond motifs is 5. The van der Waals surface area contributed by atoms with Gasteiger partial charge < -0.3 is 45.1 Å². The number of hydrogen-bond donors (Lipinski definition) is 6. The predicted octanol–water partition coefficient (Wildman–Crippen LogP) is 0.214. The van der Waals surface area contributed by atoms with Gasteiger partial charge >= 0.3 is 11.9 Å². The summed E-state index contributed by atoms with van der Waals surface area (Å²) in [4.78, 5) is 52.7. The van der Waals surface area contributed by atoms with Crippen LogP contribution in [0.1, 0.15) is 86.5 Å². The molecule has 2 bridgehead atoms. The number of nitrogens with one attached hydrogen (secondary N) is 1. The van der Waals surface area contributed by atoms with Gasteiger partial charge in [0.05, 0.1) is 30.3 Å². The number of rotatable bonds is 6. The zero-order chi connectivity index (χ0) is 34.1. The van der Waals surface area contributed by atoms with Crippen LogP contribution in [0.2, 0.25) is 0 Å². The van der Waals surface area contributed by atoms with Crippen LogP contribution in [-0.4, -0.2) is 110 Å². The molecular formula is C33H49NO12. The number of esters is 2. The highest BCUT2D eigenvalue weighted by molar-refractivity contribution is 5.93. The van der Waals surface area contributed by atoms with Crippen molar-refractivity contribution in [3.05, 3.63) is 11.1 Å². The summed E-state index contributed by atoms with van der Waals surface area (Å²) in [5.41, 5.74) is -7.08. The normalized spacial score (nSPS) is 41.8. The molecule has 1 saturated heterocycles. The fraction of sp³-hybridized carbons (Fsp3) is 0.818. The van der Waals surface area contributed by atoms with Crippen LogP contribution in [0.25, 0.3) is 0 Å². The fourth-order valence-corrected chi connectivity index (χ4v) is 9.34. The summed E-state index contributed by atoms with van der Waals surface area (Å²) < 4.78 is 17.2. The molecule has 4 fully saturated rings. The van der Waals surface area contributed by atoms with Crippen molar-refractivity contribution in [3.8, 4) is 0 Å². The molecule has 0 aromatic heterocycles. The van der Waals surface area contributed by atoms with E-state index in [1.54, 1.807) is 20.8 Å². The number of carbonyl (C=O) groups is 4. The van der Waals surface area contributed by atoms with Crippen LogP contribution in [0.5, 0.6) is 0 Å². The first-order valence-electron chi connectivity index (χ1n) is 16.3. The lowest BCUT2D eigenvalue weighted by molar-refractivity contribution is -0.345. The number of amides is 1. The SMILES string of the molecule is CC(=O)N[C@@H](C1CCCCC1)[C@@H](O)C(=O)OC1C[C@@]2(O)[C@@H](OC(C)=O)[C@@H]3[C@]4(O)CO[C@@H]4C[C@H](O)[C@@]3(C)C(=O)[C@H](O)C(=C1C)C2(C)C. The summed E-state index contributed by atoms with van der Waals surface area (Å²) in [5.74, 6) is -4.75. The minimum absolute atomic E-state index is 0.0206. The lowest BCUT2D eigenvalue weighted by Gasteiger charge is -2.66. The Kier molecular flexibility index (Phi) is 9.05. The molecule has 258 valence electrons. The second kappa shape index (κ2) is 11.9. The average Bonchev–Trinajstić information content (AvgIpc) is 2.98. The fourth-order valence-electron chi connectivity index (χ4n) is 9.34. The summed E-state index contributed by atoms with van der Waals surface area (Å²) >= 11 is 0. The van der Waals surface area contributed by atoms with Gasteiger partial charge in [0.15, 0.2) is 11.9 Å². The van der Waals surface area contributed by atoms with Crippen molar-refractivity contribution < 1.29 is 58.9 Å². The van der Waals surface area contributed by atoms with Crippen LogP contribution in [0.15, 0.2) is 11.1 Å². The highest BCUT2D eigenvalue weighted by Gasteiger charge is 2.76. The third-order valence-corrected chi connectivity index (χ3v) is 12.0. The lowest BCUT2D eigenvalue weighted by Crippen LogP contribution is -2.81. The van der Waals surface area contributed by atoms with Crippen LogP contribution in [0.3, 0.4) is 0 Å². The van der Waals surface area contributed by atoms with Crippen LogP contribution >= 0.6 is 0 Å². The Balaban J connectivity index is 1.60. The van der Waals surface area contributed by atoms with E-state index in [-0.39, 0.29) is 30.1 Å². The summed E-state index contributed by atoms with van der Waals surface area (Å²) in [6.07, 6.45) is -5.27. The largest absolute Gasteiger partial charge is 0.459 e. The second-order valence-electron chi connectivity index (χ2n) is 14.9. The molecule has 1 unspecified atom stereocenters. The highest BCUT2D eigenvalue weighted by Crippen LogP contribution is 2.63. The molecule has 46 heavy (non-hydrogen) atoms. The summed E-state index contributed by atoms with van der Waals surface area (Å²) in [7, 11) is 0. The number of Topliss-reactive ketones (excluding diaryl/α,β-unsaturated/α-hetero) is 1. The quantitative estimate of drug-likeness (QED) is 0.168. The van der Waals surface area contributed by atoms with Gasteiger partial charge in [-0.25, -0.2) is 4.79 Å². The van der Waals surface area contributed by atoms with Gasteiger partial charge in [-0.15, -0.1) is 0 Å². The summed E-state index contributed by atoms with van der Waals surface area (Å²) in [6.45, 7) is 8.24. The smallest absolute Gasteiger partial charge is 0.337 e. The zero-order valence-electron chi connectivity index (χ0n) is 27.4. The van der Waals surface area contributed by atoms with E-state index in [1.807, 2.05) is 0 Å². The predicted molar refractivity (Wildman–Crippen MR) is 160 cm³/mol. The Morgan fingerprint density at radius 2 is 1.65 bits per heavy atom. The highest BCUT2D eigenvalue weighted by atomic mass is 16.6. The van der Waals surface area contributed by atoms with Crippen molar-refractivity contribution in [2.45, 2.75) is 140 Å². The third-order valence-electron chi connectivity index (χ3n) is 12.0. The van der Waals surface area contributed by atoms with Crippen molar-refractivity contribution in [2.24, 2.45) is 22.7 Å². The molecule has 0 aromatic rings. The molecule has 1 aliphatic heterocycles. The Labute approximate surface area is 268 Å². The third kappa shape index (κ3) is 5.13. The van der Waals surface area contributed by atoms with E-state index < -0.39 is 101 Å². The van der Waals surface area contributed by atoms with E-state index in [0.29, 0.717) is 12.8 Å². The molecule has 6 N–H and O–H groups in total. The first-order valence-corrected chi connectivity index (χ1v) is 16.3. The molecule has 3 saturated carbocycles. The van der Waals surface area contributed by atoms with E-state index in [9.17, 15) is 44.7 Å². The molecule has 0 aromatic carbocycles. The monoisotopic (exact) mass is 651 g/mol. The maximum atomic E-state index is 14.4. The second-order valence-corrected chi connectivity index (χ2v) is 14.9. The topological polar surface area (TPSA) is 209 Å². The molecule has 4 aliphatic carbocycles. The van der Waals surface area contributed by atoms with Crippen LogP contribution < -0.4 is 5.32 Å². The molecule has 1 heterocycles. The first kappa shape index (κ1) is 34.9. The van der Waals surface area contributed by atoms with Gasteiger partial charge in [0.1, 0.15) is 29.5 Å². The summed E-state index contributed by atoms with van der Waals surface area (Å²) in [6, 6.07) is -0.915. The number of ketones is 1. The maximum absolute atomic E-state index is 14.4. The number of hydrogen-bond acceptors (Lipinski definition) is 12. The van der Waals surface area contributed by atoms with Crippen molar-refractivity contribution in [3.63, 3.8) is 0 Å². The number of aliphatic hydroxyl groups is 5. The Morgan fingerprint density at radius 1 is 1.02 bits per heavy atom. The Morgan fingerprint density at radius 3 is 2.20 bits per heavy atom. The Bertz CT molecular complexity index is 1310. The standard InChI is InChI=1S/C33H49NO12/c1-15-19(46-29(41)25(39)23(34-16(2)35)18-10-8-7-9-11-18)13-33(43)28(45-17(3)36)26-31(6,20(37)12-21-32(26,42)14-44-21)27(40)24(38)22(15)30(33,4)5/h18-21,23-26,28,37-39,42-43H,7-14H2,1-6H3,(H,34,35)/t19?,20-,21+,23-,24+,25+,26-,28-,31+,32-,33+/m0/s1. The lowest BCUT2D eigenvalue weighted by atomic mass is 9.45. The molecule has 5 rings (SSSR count). The minimum atomic E-state index is -2.18. The van der Waals surface area contributed by atoms with Crippen molar-refractivity contribution in [2.75, 3.05) is 6.61 Å². The molecule has 11 atom stereocenters. The van der Waals surface area contributed by atoms with Gasteiger partial charge in [0, 0.05) is 38.0 Å². The maximum Gasteiger partial charge on any atom is 0.337 e. The van der Waals surface area contributed by atoms with Gasteiger partial charge in [-0.3, -0.25) is 14.4 Å². The van der Waals surface area contributed by atoms with Crippen LogP contribution in [-0.2, 0) is 33.4 Å². The molecule has 13 nitrogen and oxygen atoms in total. The van der Waals surface area contributed by atoms with Gasteiger partial charge in [-0.1, -0.05) is 33.1 Å². The van der Waals surface area contributed by atoms with Gasteiger partial charge in [-0.2, -0.15) is 0 Å². The molecule has 1 amide bonds. The van der Waals surface area contributed by atoms with Crippen molar-refractivity contribution >= 4 is 23.6 Å². The van der Waals surface area contributed by atoms with Gasteiger partial charge in [-0.05, 0) is 43.8 Å². The average molecular weight is 652 g/mol. The summed E-state index contributed by atoms with van der Waals surface area (Å²) in [5, 5.41) is 61.9. The minimum Gasteiger partial charge on any atom is -0.459 e. The van der Waals surface area contributed by atoms with Gasteiger partial charge in [0.25, 0.3) is 0 Å². The molecule has 5 aliphatic rings. The van der Waals surface area contributed by atoms with Crippen molar-refractivity contribution in [1.29, 1.82) is 0 Å². The molecule has 0 radical (unpaired) electrons. The zero-order valence-corrected chi connectivity index (χ0v) is 27.4. The van der Waals surface area contributed by atoms with E-state index >= 15 is 0 Å². The number of aliphatic hydroxyl groups excluding tert-OH is 3. The van der Waals surface area contributed by atoms with E-state index in [4.69, 9.17) is 14.2 Å². The Hall–Kier alpha value is -2.42. The van der Waals surface area contributed by atoms with Crippen molar-refractivity contribution in [1.82, 2.24) is 5.32 Å². The molecule has 13 heteroatoms. The first-order chi connectivity index (χ1) is 21.3. The number of carbonyl (C=O) groups excluding carboxylic acids is 4. The van der Waals surface area contributed by atoms with E-state index in [2.05, 4.69) is 5.32 Å².